The molecule has 158 valence electrons. The third kappa shape index (κ3) is 3.73. The average molecular weight is 439 g/mol. The molecule has 0 unspecified atom stereocenters. The SMILES string of the molecule is CCOC(=O)C1=C(C)n2c(s/c(=C\c3ccccc3)c2=O)=N[C@@H]1c1ccc([N+](=O)[O-])o1. The fourth-order valence-electron chi connectivity index (χ4n) is 3.31. The van der Waals surface area contributed by atoms with Crippen molar-refractivity contribution in [2.45, 2.75) is 19.9 Å². The molecule has 0 fully saturated rings. The molecular weight excluding hydrogens is 422 g/mol. The maximum atomic E-state index is 13.1. The molecule has 0 saturated carbocycles. The number of hydrogen-bond acceptors (Lipinski definition) is 8. The molecular formula is C21H17N3O6S. The number of furan rings is 1. The molecule has 0 bridgehead atoms. The van der Waals surface area contributed by atoms with Gasteiger partial charge in [0.15, 0.2) is 4.80 Å². The standard InChI is InChI=1S/C21H17N3O6S/c1-3-29-20(26)17-12(2)23-19(25)15(11-13-7-5-4-6-8-13)31-21(23)22-18(17)14-9-10-16(30-14)24(27)28/h4-11,18H,3H2,1-2H3/b15-11-/t18-/m1/s1. The number of ether oxygens (including phenoxy) is 1. The number of rotatable bonds is 5. The Morgan fingerprint density at radius 3 is 2.71 bits per heavy atom. The van der Waals surface area contributed by atoms with E-state index in [1.165, 1.54) is 28.0 Å². The molecule has 1 atom stereocenters. The molecule has 4 rings (SSSR count). The van der Waals surface area contributed by atoms with Crippen LogP contribution in [-0.2, 0) is 9.53 Å². The van der Waals surface area contributed by atoms with E-state index in [2.05, 4.69) is 4.99 Å². The lowest BCUT2D eigenvalue weighted by molar-refractivity contribution is -0.402. The van der Waals surface area contributed by atoms with Crippen molar-refractivity contribution in [3.63, 3.8) is 0 Å². The van der Waals surface area contributed by atoms with Gasteiger partial charge in [0.2, 0.25) is 0 Å². The van der Waals surface area contributed by atoms with Gasteiger partial charge in [-0.1, -0.05) is 41.7 Å². The number of nitro groups is 1. The largest absolute Gasteiger partial charge is 0.463 e. The normalized spacial score (nSPS) is 16.1. The number of allylic oxidation sites excluding steroid dienone is 1. The van der Waals surface area contributed by atoms with Crippen LogP contribution >= 0.6 is 11.3 Å². The monoisotopic (exact) mass is 439 g/mol. The van der Waals surface area contributed by atoms with Crippen molar-refractivity contribution in [2.24, 2.45) is 4.99 Å². The van der Waals surface area contributed by atoms with Crippen LogP contribution in [0, 0.1) is 10.1 Å². The van der Waals surface area contributed by atoms with E-state index < -0.39 is 22.8 Å². The van der Waals surface area contributed by atoms with Crippen molar-refractivity contribution in [3.8, 4) is 0 Å². The molecule has 1 aliphatic heterocycles. The second-order valence-electron chi connectivity index (χ2n) is 6.63. The van der Waals surface area contributed by atoms with Gasteiger partial charge in [-0.3, -0.25) is 19.5 Å². The molecule has 0 radical (unpaired) electrons. The molecule has 1 aliphatic rings. The van der Waals surface area contributed by atoms with E-state index in [0.717, 1.165) is 5.56 Å². The van der Waals surface area contributed by atoms with Crippen molar-refractivity contribution in [2.75, 3.05) is 6.61 Å². The smallest absolute Gasteiger partial charge is 0.433 e. The van der Waals surface area contributed by atoms with E-state index in [-0.39, 0.29) is 23.5 Å². The summed E-state index contributed by atoms with van der Waals surface area (Å²) in [4.78, 5) is 41.0. The van der Waals surface area contributed by atoms with Crippen LogP contribution in [0.3, 0.4) is 0 Å². The Bertz CT molecular complexity index is 1380. The number of nitrogens with zero attached hydrogens (tertiary/aromatic N) is 3. The topological polar surface area (TPSA) is 117 Å². The lowest BCUT2D eigenvalue weighted by atomic mass is 10.0. The first-order chi connectivity index (χ1) is 14.9. The predicted molar refractivity (Wildman–Crippen MR) is 113 cm³/mol. The van der Waals surface area contributed by atoms with Crippen LogP contribution in [0.1, 0.15) is 31.2 Å². The Morgan fingerprint density at radius 1 is 1.32 bits per heavy atom. The number of esters is 1. The molecule has 0 aliphatic carbocycles. The number of carbonyl (C=O) groups is 1. The van der Waals surface area contributed by atoms with Gasteiger partial charge < -0.3 is 9.15 Å². The van der Waals surface area contributed by atoms with E-state index in [1.54, 1.807) is 19.9 Å². The molecule has 9 nitrogen and oxygen atoms in total. The van der Waals surface area contributed by atoms with Crippen LogP contribution in [0.2, 0.25) is 0 Å². The fourth-order valence-corrected chi connectivity index (χ4v) is 4.35. The maximum absolute atomic E-state index is 13.1. The first-order valence-electron chi connectivity index (χ1n) is 9.39. The summed E-state index contributed by atoms with van der Waals surface area (Å²) in [6.45, 7) is 3.41. The van der Waals surface area contributed by atoms with E-state index in [1.807, 2.05) is 30.3 Å². The minimum atomic E-state index is -0.963. The van der Waals surface area contributed by atoms with Gasteiger partial charge in [-0.05, 0) is 31.6 Å². The van der Waals surface area contributed by atoms with Crippen molar-refractivity contribution >= 4 is 35.0 Å². The predicted octanol–water partition coefficient (Wildman–Crippen LogP) is 2.41. The maximum Gasteiger partial charge on any atom is 0.433 e. The Kier molecular flexibility index (Phi) is 5.38. The first kappa shape index (κ1) is 20.5. The highest BCUT2D eigenvalue weighted by Gasteiger charge is 2.34. The van der Waals surface area contributed by atoms with Crippen LogP contribution in [0.15, 0.2) is 62.2 Å². The number of benzene rings is 1. The fraction of sp³-hybridized carbons (Fsp3) is 0.190. The second kappa shape index (κ2) is 8.15. The minimum absolute atomic E-state index is 0.102. The summed E-state index contributed by atoms with van der Waals surface area (Å²) < 4.78 is 12.3. The lowest BCUT2D eigenvalue weighted by Crippen LogP contribution is -2.35. The Morgan fingerprint density at radius 2 is 2.06 bits per heavy atom. The number of hydrogen-bond donors (Lipinski definition) is 0. The highest BCUT2D eigenvalue weighted by Crippen LogP contribution is 2.34. The summed E-state index contributed by atoms with van der Waals surface area (Å²) in [5, 5.41) is 11.0. The second-order valence-corrected chi connectivity index (χ2v) is 7.64. The molecule has 3 aromatic rings. The summed E-state index contributed by atoms with van der Waals surface area (Å²) in [6.07, 6.45) is 1.75. The van der Waals surface area contributed by atoms with Crippen molar-refractivity contribution in [3.05, 3.63) is 89.2 Å². The zero-order chi connectivity index (χ0) is 22.1. The van der Waals surface area contributed by atoms with Crippen LogP contribution < -0.4 is 14.9 Å². The Balaban J connectivity index is 1.94. The van der Waals surface area contributed by atoms with Gasteiger partial charge in [-0.2, -0.15) is 0 Å². The number of aromatic nitrogens is 1. The molecule has 3 heterocycles. The average Bonchev–Trinajstić information content (AvgIpc) is 3.34. The van der Waals surface area contributed by atoms with Gasteiger partial charge >= 0.3 is 11.9 Å². The molecule has 10 heteroatoms. The molecule has 0 saturated heterocycles. The van der Waals surface area contributed by atoms with Crippen LogP contribution in [0.5, 0.6) is 0 Å². The zero-order valence-electron chi connectivity index (χ0n) is 16.6. The van der Waals surface area contributed by atoms with Gasteiger partial charge in [0.05, 0.1) is 22.8 Å². The van der Waals surface area contributed by atoms with Crippen LogP contribution in [0.25, 0.3) is 11.8 Å². The minimum Gasteiger partial charge on any atom is -0.463 e. The number of thiazole rings is 1. The Labute approximate surface area is 179 Å². The van der Waals surface area contributed by atoms with Gasteiger partial charge in [0, 0.05) is 5.70 Å². The highest BCUT2D eigenvalue weighted by molar-refractivity contribution is 7.07. The van der Waals surface area contributed by atoms with E-state index >= 15 is 0 Å². The van der Waals surface area contributed by atoms with Crippen molar-refractivity contribution in [1.29, 1.82) is 0 Å². The third-order valence-corrected chi connectivity index (χ3v) is 5.68. The number of carbonyl (C=O) groups excluding carboxylic acids is 1. The molecule has 31 heavy (non-hydrogen) atoms. The molecule has 0 N–H and O–H groups in total. The molecule has 0 amide bonds. The molecule has 0 spiro atoms. The first-order valence-corrected chi connectivity index (χ1v) is 10.2. The summed E-state index contributed by atoms with van der Waals surface area (Å²) in [5.41, 5.74) is 0.992. The lowest BCUT2D eigenvalue weighted by Gasteiger charge is -2.20. The van der Waals surface area contributed by atoms with Gasteiger partial charge in [0.25, 0.3) is 5.56 Å². The summed E-state index contributed by atoms with van der Waals surface area (Å²) in [5.74, 6) is -1.00. The summed E-state index contributed by atoms with van der Waals surface area (Å²) >= 11 is 1.17. The zero-order valence-corrected chi connectivity index (χ0v) is 17.4. The molecule has 1 aromatic carbocycles. The number of fused-ring (bicyclic) bond motifs is 1. The van der Waals surface area contributed by atoms with Crippen molar-refractivity contribution < 1.29 is 18.9 Å². The summed E-state index contributed by atoms with van der Waals surface area (Å²) in [7, 11) is 0. The summed E-state index contributed by atoms with van der Waals surface area (Å²) in [6, 6.07) is 11.0. The van der Waals surface area contributed by atoms with E-state index in [9.17, 15) is 19.7 Å². The Hall–Kier alpha value is -3.79. The third-order valence-electron chi connectivity index (χ3n) is 4.70. The van der Waals surface area contributed by atoms with Gasteiger partial charge in [-0.15, -0.1) is 0 Å². The quantitative estimate of drug-likeness (QED) is 0.342. The van der Waals surface area contributed by atoms with E-state index in [0.29, 0.717) is 15.0 Å². The van der Waals surface area contributed by atoms with Gasteiger partial charge in [0.1, 0.15) is 16.7 Å². The highest BCUT2D eigenvalue weighted by atomic mass is 32.1. The van der Waals surface area contributed by atoms with Crippen LogP contribution in [-0.4, -0.2) is 22.1 Å². The van der Waals surface area contributed by atoms with Crippen LogP contribution in [0.4, 0.5) is 5.88 Å². The van der Waals surface area contributed by atoms with Gasteiger partial charge in [-0.25, -0.2) is 9.79 Å². The van der Waals surface area contributed by atoms with E-state index in [4.69, 9.17) is 9.15 Å². The molecule has 2 aromatic heterocycles. The van der Waals surface area contributed by atoms with Crippen molar-refractivity contribution in [1.82, 2.24) is 4.57 Å².